The van der Waals surface area contributed by atoms with E-state index in [4.69, 9.17) is 0 Å². The number of aromatic amines is 1. The van der Waals surface area contributed by atoms with Crippen LogP contribution >= 0.6 is 0 Å². The number of hydrogen-bond donors (Lipinski definition) is 1. The molecule has 110 valence electrons. The third-order valence-electron chi connectivity index (χ3n) is 4.34. The average molecular weight is 284 g/mol. The highest BCUT2D eigenvalue weighted by Gasteiger charge is 2.23. The Labute approximate surface area is 123 Å². The molecule has 1 saturated heterocycles. The van der Waals surface area contributed by atoms with Crippen molar-refractivity contribution < 1.29 is 4.79 Å². The molecule has 21 heavy (non-hydrogen) atoms. The molecule has 0 atom stereocenters. The highest BCUT2D eigenvalue weighted by Crippen LogP contribution is 2.18. The maximum atomic E-state index is 12.6. The number of carbonyl (C=O) groups excluding carboxylic acids is 1. The molecule has 1 aromatic heterocycles. The van der Waals surface area contributed by atoms with E-state index in [0.29, 0.717) is 11.3 Å². The SMILES string of the molecule is Cc1ccc2[nH]cc(C(=O)N3CCC(C)CC3)c(=O)c2c1. The number of nitrogens with one attached hydrogen (secondary N) is 1. The van der Waals surface area contributed by atoms with Gasteiger partial charge in [-0.2, -0.15) is 0 Å². The monoisotopic (exact) mass is 284 g/mol. The molecule has 1 aliphatic heterocycles. The number of likely N-dealkylation sites (tertiary alicyclic amines) is 1. The van der Waals surface area contributed by atoms with E-state index >= 15 is 0 Å². The van der Waals surface area contributed by atoms with E-state index < -0.39 is 0 Å². The predicted molar refractivity (Wildman–Crippen MR) is 83.6 cm³/mol. The van der Waals surface area contributed by atoms with Crippen LogP contribution < -0.4 is 5.43 Å². The fourth-order valence-electron chi connectivity index (χ4n) is 2.87. The van der Waals surface area contributed by atoms with E-state index in [2.05, 4.69) is 11.9 Å². The Morgan fingerprint density at radius 2 is 2.00 bits per heavy atom. The van der Waals surface area contributed by atoms with Crippen LogP contribution in [0.3, 0.4) is 0 Å². The number of pyridine rings is 1. The van der Waals surface area contributed by atoms with E-state index in [0.717, 1.165) is 37.0 Å². The summed E-state index contributed by atoms with van der Waals surface area (Å²) in [5.41, 5.74) is 1.87. The minimum Gasteiger partial charge on any atom is -0.360 e. The molecule has 1 aromatic carbocycles. The number of nitrogens with zero attached hydrogens (tertiary/aromatic N) is 1. The van der Waals surface area contributed by atoms with Crippen molar-refractivity contribution in [2.24, 2.45) is 5.92 Å². The van der Waals surface area contributed by atoms with E-state index in [9.17, 15) is 9.59 Å². The summed E-state index contributed by atoms with van der Waals surface area (Å²) in [6, 6.07) is 5.66. The fourth-order valence-corrected chi connectivity index (χ4v) is 2.87. The van der Waals surface area contributed by atoms with Crippen LogP contribution in [0, 0.1) is 12.8 Å². The smallest absolute Gasteiger partial charge is 0.259 e. The molecule has 0 aliphatic carbocycles. The van der Waals surface area contributed by atoms with Gasteiger partial charge >= 0.3 is 0 Å². The van der Waals surface area contributed by atoms with Crippen LogP contribution in [-0.2, 0) is 0 Å². The van der Waals surface area contributed by atoms with Gasteiger partial charge in [-0.1, -0.05) is 18.6 Å². The summed E-state index contributed by atoms with van der Waals surface area (Å²) in [4.78, 5) is 30.0. The van der Waals surface area contributed by atoms with Gasteiger partial charge < -0.3 is 9.88 Å². The van der Waals surface area contributed by atoms with Gasteiger partial charge in [-0.25, -0.2) is 0 Å². The van der Waals surface area contributed by atoms with Crippen molar-refractivity contribution in [2.75, 3.05) is 13.1 Å². The molecule has 0 spiro atoms. The Bertz CT molecular complexity index is 740. The molecule has 0 saturated carbocycles. The predicted octanol–water partition coefficient (Wildman–Crippen LogP) is 2.71. The Balaban J connectivity index is 1.99. The van der Waals surface area contributed by atoms with Crippen molar-refractivity contribution in [1.82, 2.24) is 9.88 Å². The number of amides is 1. The van der Waals surface area contributed by atoms with Gasteiger partial charge in [0.15, 0.2) is 0 Å². The Morgan fingerprint density at radius 1 is 1.29 bits per heavy atom. The Morgan fingerprint density at radius 3 is 2.71 bits per heavy atom. The summed E-state index contributed by atoms with van der Waals surface area (Å²) in [6.07, 6.45) is 3.58. The first kappa shape index (κ1) is 13.9. The third kappa shape index (κ3) is 2.58. The van der Waals surface area contributed by atoms with Crippen LogP contribution in [0.5, 0.6) is 0 Å². The second-order valence-corrected chi connectivity index (χ2v) is 6.06. The van der Waals surface area contributed by atoms with Gasteiger partial charge in [0.1, 0.15) is 5.56 Å². The van der Waals surface area contributed by atoms with Crippen molar-refractivity contribution >= 4 is 16.8 Å². The Hall–Kier alpha value is -2.10. The van der Waals surface area contributed by atoms with E-state index in [1.54, 1.807) is 11.1 Å². The van der Waals surface area contributed by atoms with Crippen molar-refractivity contribution in [2.45, 2.75) is 26.7 Å². The minimum atomic E-state index is -0.170. The van der Waals surface area contributed by atoms with Crippen molar-refractivity contribution in [3.05, 3.63) is 45.7 Å². The Kier molecular flexibility index (Phi) is 3.53. The lowest BCUT2D eigenvalue weighted by Gasteiger charge is -2.30. The molecule has 2 aromatic rings. The lowest BCUT2D eigenvalue weighted by atomic mass is 9.98. The number of piperidine rings is 1. The van der Waals surface area contributed by atoms with Gasteiger partial charge in [-0.3, -0.25) is 9.59 Å². The molecule has 2 heterocycles. The lowest BCUT2D eigenvalue weighted by molar-refractivity contribution is 0.0696. The van der Waals surface area contributed by atoms with Gasteiger partial charge in [-0.15, -0.1) is 0 Å². The van der Waals surface area contributed by atoms with Crippen LogP contribution in [0.4, 0.5) is 0 Å². The maximum absolute atomic E-state index is 12.6. The molecule has 0 bridgehead atoms. The number of H-pyrrole nitrogens is 1. The van der Waals surface area contributed by atoms with Crippen LogP contribution in [0.1, 0.15) is 35.7 Å². The largest absolute Gasteiger partial charge is 0.360 e. The van der Waals surface area contributed by atoms with Gasteiger partial charge in [0, 0.05) is 30.2 Å². The highest BCUT2D eigenvalue weighted by atomic mass is 16.2. The number of aromatic nitrogens is 1. The molecule has 1 aliphatic rings. The number of carbonyl (C=O) groups is 1. The number of rotatable bonds is 1. The van der Waals surface area contributed by atoms with Gasteiger partial charge in [0.05, 0.1) is 0 Å². The van der Waals surface area contributed by atoms with Crippen LogP contribution in [0.25, 0.3) is 10.9 Å². The number of hydrogen-bond acceptors (Lipinski definition) is 2. The molecule has 3 rings (SSSR count). The van der Waals surface area contributed by atoms with Gasteiger partial charge in [-0.05, 0) is 37.8 Å². The quantitative estimate of drug-likeness (QED) is 0.875. The molecule has 1 fully saturated rings. The second kappa shape index (κ2) is 5.35. The number of benzene rings is 1. The summed E-state index contributed by atoms with van der Waals surface area (Å²) in [5, 5.41) is 0.589. The van der Waals surface area contributed by atoms with E-state index in [-0.39, 0.29) is 16.9 Å². The first-order chi connectivity index (χ1) is 10.1. The first-order valence-electron chi connectivity index (χ1n) is 7.47. The zero-order valence-electron chi connectivity index (χ0n) is 12.5. The molecule has 0 radical (unpaired) electrons. The maximum Gasteiger partial charge on any atom is 0.259 e. The number of aryl methyl sites for hydroxylation is 1. The second-order valence-electron chi connectivity index (χ2n) is 6.06. The summed E-state index contributed by atoms with van der Waals surface area (Å²) in [6.45, 7) is 5.63. The zero-order valence-corrected chi connectivity index (χ0v) is 12.5. The van der Waals surface area contributed by atoms with Crippen LogP contribution in [0.15, 0.2) is 29.2 Å². The lowest BCUT2D eigenvalue weighted by Crippen LogP contribution is -2.39. The molecular weight excluding hydrogens is 264 g/mol. The molecule has 4 heteroatoms. The van der Waals surface area contributed by atoms with Crippen LogP contribution in [-0.4, -0.2) is 28.9 Å². The molecule has 0 unspecified atom stereocenters. The minimum absolute atomic E-state index is 0.147. The third-order valence-corrected chi connectivity index (χ3v) is 4.34. The zero-order chi connectivity index (χ0) is 15.0. The van der Waals surface area contributed by atoms with Crippen LogP contribution in [0.2, 0.25) is 0 Å². The average Bonchev–Trinajstić information content (AvgIpc) is 2.48. The number of fused-ring (bicyclic) bond motifs is 1. The topological polar surface area (TPSA) is 53.2 Å². The normalized spacial score (nSPS) is 16.4. The fraction of sp³-hybridized carbons (Fsp3) is 0.412. The molecular formula is C17H20N2O2. The summed E-state index contributed by atoms with van der Waals surface area (Å²) >= 11 is 0. The van der Waals surface area contributed by atoms with Crippen molar-refractivity contribution in [3.8, 4) is 0 Å². The summed E-state index contributed by atoms with van der Waals surface area (Å²) < 4.78 is 0. The highest BCUT2D eigenvalue weighted by molar-refractivity contribution is 5.97. The molecule has 1 amide bonds. The summed E-state index contributed by atoms with van der Waals surface area (Å²) in [7, 11) is 0. The standard InChI is InChI=1S/C17H20N2O2/c1-11-5-7-19(8-6-11)17(21)14-10-18-15-4-3-12(2)9-13(15)16(14)20/h3-4,9-11H,5-8H2,1-2H3,(H,18,20). The molecule has 4 nitrogen and oxygen atoms in total. The van der Waals surface area contributed by atoms with Crippen molar-refractivity contribution in [1.29, 1.82) is 0 Å². The summed E-state index contributed by atoms with van der Waals surface area (Å²) in [5.74, 6) is 0.512. The van der Waals surface area contributed by atoms with Gasteiger partial charge in [0.2, 0.25) is 5.43 Å². The van der Waals surface area contributed by atoms with Gasteiger partial charge in [0.25, 0.3) is 5.91 Å². The van der Waals surface area contributed by atoms with E-state index in [1.165, 1.54) is 0 Å². The molecule has 1 N–H and O–H groups in total. The first-order valence-corrected chi connectivity index (χ1v) is 7.47. The van der Waals surface area contributed by atoms with Crippen molar-refractivity contribution in [3.63, 3.8) is 0 Å². The van der Waals surface area contributed by atoms with E-state index in [1.807, 2.05) is 25.1 Å².